The molecule has 0 saturated carbocycles. The van der Waals surface area contributed by atoms with Crippen LogP contribution < -0.4 is 10.6 Å². The Morgan fingerprint density at radius 3 is 2.48 bits per heavy atom. The standard InChI is InChI=1S/C16H26FN3O2S/c1-5-18-15(20-12-16(2,3)23(4,21)22)19-11-10-13-8-6-7-9-14(13)17/h6-9H,5,10-12H2,1-4H3,(H2,18,19,20). The summed E-state index contributed by atoms with van der Waals surface area (Å²) in [5.74, 6) is 0.301. The first kappa shape index (κ1) is 19.4. The van der Waals surface area contributed by atoms with E-state index < -0.39 is 14.6 Å². The van der Waals surface area contributed by atoms with Crippen LogP contribution in [0.25, 0.3) is 0 Å². The molecular formula is C16H26FN3O2S. The van der Waals surface area contributed by atoms with Crippen molar-refractivity contribution in [3.05, 3.63) is 35.6 Å². The van der Waals surface area contributed by atoms with E-state index in [0.717, 1.165) is 0 Å². The third kappa shape index (κ3) is 6.17. The molecule has 0 spiro atoms. The van der Waals surface area contributed by atoms with Crippen LogP contribution in [0.15, 0.2) is 29.3 Å². The lowest BCUT2D eigenvalue weighted by atomic mass is 10.1. The fraction of sp³-hybridized carbons (Fsp3) is 0.562. The monoisotopic (exact) mass is 343 g/mol. The highest BCUT2D eigenvalue weighted by Crippen LogP contribution is 2.15. The van der Waals surface area contributed by atoms with Crippen LogP contribution in [-0.2, 0) is 16.3 Å². The first-order valence-corrected chi connectivity index (χ1v) is 9.51. The minimum Gasteiger partial charge on any atom is -0.357 e. The number of halogens is 1. The van der Waals surface area contributed by atoms with Gasteiger partial charge < -0.3 is 10.6 Å². The molecule has 0 amide bonds. The van der Waals surface area contributed by atoms with Crippen molar-refractivity contribution in [3.63, 3.8) is 0 Å². The fourth-order valence-corrected chi connectivity index (χ4v) is 2.04. The Labute approximate surface area is 138 Å². The van der Waals surface area contributed by atoms with Crippen LogP contribution in [0.2, 0.25) is 0 Å². The summed E-state index contributed by atoms with van der Waals surface area (Å²) in [5, 5.41) is 6.16. The van der Waals surface area contributed by atoms with Gasteiger partial charge in [0.2, 0.25) is 0 Å². The third-order valence-corrected chi connectivity index (χ3v) is 5.75. The second-order valence-corrected chi connectivity index (χ2v) is 8.64. The molecule has 0 radical (unpaired) electrons. The number of hydrogen-bond donors (Lipinski definition) is 2. The van der Waals surface area contributed by atoms with E-state index in [4.69, 9.17) is 0 Å². The molecule has 0 aromatic heterocycles. The Morgan fingerprint density at radius 1 is 1.26 bits per heavy atom. The molecule has 0 fully saturated rings. The Morgan fingerprint density at radius 2 is 1.91 bits per heavy atom. The van der Waals surface area contributed by atoms with Crippen molar-refractivity contribution in [2.45, 2.75) is 31.9 Å². The molecular weight excluding hydrogens is 317 g/mol. The summed E-state index contributed by atoms with van der Waals surface area (Å²) in [4.78, 5) is 4.33. The number of sulfone groups is 1. The zero-order valence-electron chi connectivity index (χ0n) is 14.2. The molecule has 0 saturated heterocycles. The van der Waals surface area contributed by atoms with Gasteiger partial charge in [-0.3, -0.25) is 4.99 Å². The zero-order valence-corrected chi connectivity index (χ0v) is 15.0. The second kappa shape index (κ2) is 8.29. The van der Waals surface area contributed by atoms with Crippen molar-refractivity contribution in [1.82, 2.24) is 10.6 Å². The minimum absolute atomic E-state index is 0.154. The summed E-state index contributed by atoms with van der Waals surface area (Å²) in [6, 6.07) is 6.63. The van der Waals surface area contributed by atoms with E-state index in [2.05, 4.69) is 15.6 Å². The Hall–Kier alpha value is -1.63. The number of aliphatic imine (C=N–C) groups is 1. The van der Waals surface area contributed by atoms with Gasteiger partial charge in [-0.2, -0.15) is 0 Å². The molecule has 0 aliphatic heterocycles. The highest BCUT2D eigenvalue weighted by atomic mass is 32.2. The predicted molar refractivity (Wildman–Crippen MR) is 93.0 cm³/mol. The van der Waals surface area contributed by atoms with Crippen molar-refractivity contribution in [3.8, 4) is 0 Å². The largest absolute Gasteiger partial charge is 0.357 e. The SMILES string of the molecule is CCNC(=NCC(C)(C)S(C)(=O)=O)NCCc1ccccc1F. The number of guanidine groups is 1. The molecule has 0 atom stereocenters. The predicted octanol–water partition coefficient (Wildman–Crippen LogP) is 1.75. The molecule has 0 aliphatic carbocycles. The van der Waals surface area contributed by atoms with Gasteiger partial charge in [0.05, 0.1) is 11.3 Å². The lowest BCUT2D eigenvalue weighted by molar-refractivity contribution is 0.554. The summed E-state index contributed by atoms with van der Waals surface area (Å²) in [6.07, 6.45) is 1.73. The topological polar surface area (TPSA) is 70.6 Å². The van der Waals surface area contributed by atoms with E-state index in [0.29, 0.717) is 31.0 Å². The van der Waals surface area contributed by atoms with Crippen molar-refractivity contribution >= 4 is 15.8 Å². The molecule has 1 rings (SSSR count). The van der Waals surface area contributed by atoms with E-state index in [1.165, 1.54) is 12.3 Å². The van der Waals surface area contributed by atoms with E-state index in [9.17, 15) is 12.8 Å². The van der Waals surface area contributed by atoms with Gasteiger partial charge in [0.25, 0.3) is 0 Å². The van der Waals surface area contributed by atoms with Crippen molar-refractivity contribution in [2.75, 3.05) is 25.9 Å². The van der Waals surface area contributed by atoms with Gasteiger partial charge in [-0.1, -0.05) is 18.2 Å². The van der Waals surface area contributed by atoms with Gasteiger partial charge in [-0.25, -0.2) is 12.8 Å². The first-order chi connectivity index (χ1) is 10.7. The van der Waals surface area contributed by atoms with Gasteiger partial charge in [0.15, 0.2) is 15.8 Å². The van der Waals surface area contributed by atoms with Gasteiger partial charge in [-0.05, 0) is 38.8 Å². The summed E-state index contributed by atoms with van der Waals surface area (Å²) in [6.45, 7) is 6.54. The van der Waals surface area contributed by atoms with Crippen LogP contribution in [0.1, 0.15) is 26.3 Å². The average Bonchev–Trinajstić information content (AvgIpc) is 2.45. The summed E-state index contributed by atoms with van der Waals surface area (Å²) in [7, 11) is -3.19. The first-order valence-electron chi connectivity index (χ1n) is 7.62. The van der Waals surface area contributed by atoms with E-state index in [1.807, 2.05) is 6.92 Å². The molecule has 0 heterocycles. The summed E-state index contributed by atoms with van der Waals surface area (Å²) in [5.41, 5.74) is 0.632. The second-order valence-electron chi connectivity index (χ2n) is 6.00. The number of nitrogens with one attached hydrogen (secondary N) is 2. The van der Waals surface area contributed by atoms with Gasteiger partial charge in [0, 0.05) is 19.3 Å². The molecule has 23 heavy (non-hydrogen) atoms. The van der Waals surface area contributed by atoms with Crippen LogP contribution in [0, 0.1) is 5.82 Å². The maximum absolute atomic E-state index is 13.6. The Bertz CT molecular complexity index is 642. The van der Waals surface area contributed by atoms with Gasteiger partial charge in [0.1, 0.15) is 5.82 Å². The smallest absolute Gasteiger partial charge is 0.191 e. The minimum atomic E-state index is -3.19. The van der Waals surface area contributed by atoms with Crippen molar-refractivity contribution < 1.29 is 12.8 Å². The van der Waals surface area contributed by atoms with Crippen LogP contribution in [0.5, 0.6) is 0 Å². The molecule has 0 aliphatic rings. The lowest BCUT2D eigenvalue weighted by Crippen LogP contribution is -2.41. The summed E-state index contributed by atoms with van der Waals surface area (Å²) >= 11 is 0. The lowest BCUT2D eigenvalue weighted by Gasteiger charge is -2.21. The molecule has 130 valence electrons. The van der Waals surface area contributed by atoms with Crippen LogP contribution in [-0.4, -0.2) is 45.0 Å². The van der Waals surface area contributed by atoms with Crippen LogP contribution >= 0.6 is 0 Å². The molecule has 1 aromatic carbocycles. The fourth-order valence-electron chi connectivity index (χ4n) is 1.75. The quantitative estimate of drug-likeness (QED) is 0.584. The molecule has 0 unspecified atom stereocenters. The highest BCUT2D eigenvalue weighted by molar-refractivity contribution is 7.92. The molecule has 1 aromatic rings. The number of nitrogens with zero attached hydrogens (tertiary/aromatic N) is 1. The van der Waals surface area contributed by atoms with Crippen LogP contribution in [0.3, 0.4) is 0 Å². The van der Waals surface area contributed by atoms with Gasteiger partial charge in [-0.15, -0.1) is 0 Å². The van der Waals surface area contributed by atoms with E-state index in [1.54, 1.807) is 32.0 Å². The third-order valence-electron chi connectivity index (χ3n) is 3.61. The maximum Gasteiger partial charge on any atom is 0.191 e. The van der Waals surface area contributed by atoms with Gasteiger partial charge >= 0.3 is 0 Å². The number of rotatable bonds is 7. The molecule has 5 nitrogen and oxygen atoms in total. The van der Waals surface area contributed by atoms with Crippen molar-refractivity contribution in [1.29, 1.82) is 0 Å². The van der Waals surface area contributed by atoms with Crippen LogP contribution in [0.4, 0.5) is 4.39 Å². The molecule has 0 bridgehead atoms. The number of benzene rings is 1. The number of hydrogen-bond acceptors (Lipinski definition) is 3. The molecule has 2 N–H and O–H groups in total. The Kier molecular flexibility index (Phi) is 7.00. The van der Waals surface area contributed by atoms with E-state index in [-0.39, 0.29) is 12.4 Å². The average molecular weight is 343 g/mol. The molecule has 7 heteroatoms. The highest BCUT2D eigenvalue weighted by Gasteiger charge is 2.29. The normalized spacial score (nSPS) is 13.0. The maximum atomic E-state index is 13.6. The Balaban J connectivity index is 2.65. The van der Waals surface area contributed by atoms with E-state index >= 15 is 0 Å². The summed E-state index contributed by atoms with van der Waals surface area (Å²) < 4.78 is 36.0. The zero-order chi connectivity index (χ0) is 17.5. The van der Waals surface area contributed by atoms with Crippen molar-refractivity contribution in [2.24, 2.45) is 4.99 Å².